The number of carboxylic acid groups (broad SMARTS) is 1. The predicted molar refractivity (Wildman–Crippen MR) is 92.8 cm³/mol. The molecule has 4 N–H and O–H groups in total. The van der Waals surface area contributed by atoms with E-state index in [0.29, 0.717) is 18.0 Å². The first-order chi connectivity index (χ1) is 12.0. The Morgan fingerprint density at radius 2 is 1.96 bits per heavy atom. The third kappa shape index (κ3) is 3.83. The molecular formula is C16H16N6O3. The van der Waals surface area contributed by atoms with Crippen LogP contribution in [0.4, 0.5) is 21.2 Å². The van der Waals surface area contributed by atoms with Crippen molar-refractivity contribution >= 4 is 29.4 Å². The fourth-order valence-electron chi connectivity index (χ4n) is 2.33. The molecule has 3 amide bonds. The summed E-state index contributed by atoms with van der Waals surface area (Å²) in [6.45, 7) is 2.36. The number of amides is 3. The minimum absolute atomic E-state index is 0.242. The Balaban J connectivity index is 1.88. The minimum atomic E-state index is -1.17. The van der Waals surface area contributed by atoms with Gasteiger partial charge in [0.1, 0.15) is 11.5 Å². The molecule has 0 aliphatic rings. The van der Waals surface area contributed by atoms with Gasteiger partial charge in [0.2, 0.25) is 0 Å². The van der Waals surface area contributed by atoms with Gasteiger partial charge in [0.05, 0.1) is 6.20 Å². The van der Waals surface area contributed by atoms with Gasteiger partial charge < -0.3 is 14.8 Å². The van der Waals surface area contributed by atoms with E-state index in [1.165, 1.54) is 6.20 Å². The van der Waals surface area contributed by atoms with Gasteiger partial charge in [0.15, 0.2) is 5.82 Å². The Morgan fingerprint density at radius 3 is 2.72 bits per heavy atom. The lowest BCUT2D eigenvalue weighted by atomic mass is 10.1. The number of anilines is 2. The number of nitrogens with zero attached hydrogens (tertiary/aromatic N) is 3. The second-order valence-corrected chi connectivity index (χ2v) is 5.15. The van der Waals surface area contributed by atoms with Crippen molar-refractivity contribution in [3.05, 3.63) is 42.9 Å². The molecule has 128 valence electrons. The van der Waals surface area contributed by atoms with Crippen LogP contribution in [-0.2, 0) is 0 Å². The first-order valence-corrected chi connectivity index (χ1v) is 7.55. The SMILES string of the molecule is CCNC(=O)Nc1cn2ccc(-c3ccnc(NC(=O)O)c3)cc2n1. The van der Waals surface area contributed by atoms with Gasteiger partial charge in [-0.05, 0) is 42.3 Å². The number of carbonyl (C=O) groups excluding carboxylic acids is 1. The van der Waals surface area contributed by atoms with Crippen molar-refractivity contribution in [3.63, 3.8) is 0 Å². The number of pyridine rings is 2. The van der Waals surface area contributed by atoms with Crippen LogP contribution in [0.15, 0.2) is 42.9 Å². The summed E-state index contributed by atoms with van der Waals surface area (Å²) in [7, 11) is 0. The molecular weight excluding hydrogens is 324 g/mol. The number of fused-ring (bicyclic) bond motifs is 1. The van der Waals surface area contributed by atoms with Crippen LogP contribution in [0.5, 0.6) is 0 Å². The van der Waals surface area contributed by atoms with Crippen molar-refractivity contribution < 1.29 is 14.7 Å². The smallest absolute Gasteiger partial charge is 0.410 e. The van der Waals surface area contributed by atoms with Crippen molar-refractivity contribution in [1.29, 1.82) is 0 Å². The van der Waals surface area contributed by atoms with Gasteiger partial charge >= 0.3 is 12.1 Å². The van der Waals surface area contributed by atoms with E-state index in [4.69, 9.17) is 5.11 Å². The van der Waals surface area contributed by atoms with E-state index in [2.05, 4.69) is 25.9 Å². The summed E-state index contributed by atoms with van der Waals surface area (Å²) < 4.78 is 1.78. The number of rotatable bonds is 4. The molecule has 0 atom stereocenters. The number of hydrogen-bond acceptors (Lipinski definition) is 4. The summed E-state index contributed by atoms with van der Waals surface area (Å²) in [5.41, 5.74) is 2.29. The summed E-state index contributed by atoms with van der Waals surface area (Å²) in [5.74, 6) is 0.679. The number of hydrogen-bond donors (Lipinski definition) is 4. The summed E-state index contributed by atoms with van der Waals surface area (Å²) in [6.07, 6.45) is 3.87. The molecule has 0 aliphatic carbocycles. The van der Waals surface area contributed by atoms with Crippen LogP contribution >= 0.6 is 0 Å². The molecule has 0 bridgehead atoms. The highest BCUT2D eigenvalue weighted by atomic mass is 16.4. The molecule has 3 aromatic rings. The highest BCUT2D eigenvalue weighted by Crippen LogP contribution is 2.23. The quantitative estimate of drug-likeness (QED) is 0.582. The van der Waals surface area contributed by atoms with Crippen LogP contribution in [0, 0.1) is 0 Å². The van der Waals surface area contributed by atoms with Crippen molar-refractivity contribution in [2.24, 2.45) is 0 Å². The van der Waals surface area contributed by atoms with E-state index in [9.17, 15) is 9.59 Å². The molecule has 0 unspecified atom stereocenters. The van der Waals surface area contributed by atoms with Crippen molar-refractivity contribution in [3.8, 4) is 11.1 Å². The molecule has 3 aromatic heterocycles. The van der Waals surface area contributed by atoms with Gasteiger partial charge in [0, 0.05) is 18.9 Å². The van der Waals surface area contributed by atoms with E-state index in [1.54, 1.807) is 22.7 Å². The molecule has 0 spiro atoms. The van der Waals surface area contributed by atoms with Gasteiger partial charge in [-0.3, -0.25) is 10.6 Å². The van der Waals surface area contributed by atoms with Crippen molar-refractivity contribution in [2.45, 2.75) is 6.92 Å². The number of nitrogens with one attached hydrogen (secondary N) is 3. The summed E-state index contributed by atoms with van der Waals surface area (Å²) in [6, 6.07) is 6.80. The number of urea groups is 1. The molecule has 25 heavy (non-hydrogen) atoms. The van der Waals surface area contributed by atoms with Crippen LogP contribution in [0.1, 0.15) is 6.92 Å². The fraction of sp³-hybridized carbons (Fsp3) is 0.125. The van der Waals surface area contributed by atoms with E-state index in [-0.39, 0.29) is 11.8 Å². The molecule has 0 aliphatic heterocycles. The highest BCUT2D eigenvalue weighted by Gasteiger charge is 2.08. The maximum absolute atomic E-state index is 11.6. The van der Waals surface area contributed by atoms with Crippen LogP contribution < -0.4 is 16.0 Å². The monoisotopic (exact) mass is 340 g/mol. The van der Waals surface area contributed by atoms with Crippen LogP contribution in [0.3, 0.4) is 0 Å². The van der Waals surface area contributed by atoms with Crippen molar-refractivity contribution in [2.75, 3.05) is 17.2 Å². The first-order valence-electron chi connectivity index (χ1n) is 7.55. The van der Waals surface area contributed by atoms with Gasteiger partial charge in [-0.2, -0.15) is 0 Å². The van der Waals surface area contributed by atoms with E-state index in [0.717, 1.165) is 11.1 Å². The maximum Gasteiger partial charge on any atom is 0.410 e. The zero-order valence-corrected chi connectivity index (χ0v) is 13.4. The molecule has 0 radical (unpaired) electrons. The van der Waals surface area contributed by atoms with Crippen LogP contribution in [0.2, 0.25) is 0 Å². The number of imidazole rings is 1. The Labute approximate surface area is 142 Å². The largest absolute Gasteiger partial charge is 0.465 e. The third-order valence-electron chi connectivity index (χ3n) is 3.37. The van der Waals surface area contributed by atoms with Gasteiger partial charge in [-0.1, -0.05) is 0 Å². The van der Waals surface area contributed by atoms with Crippen LogP contribution in [0.25, 0.3) is 16.8 Å². The Bertz CT molecular complexity index is 937. The van der Waals surface area contributed by atoms with E-state index < -0.39 is 6.09 Å². The Morgan fingerprint density at radius 1 is 1.16 bits per heavy atom. The molecule has 9 heteroatoms. The first kappa shape index (κ1) is 16.2. The van der Waals surface area contributed by atoms with E-state index in [1.807, 2.05) is 25.3 Å². The molecule has 3 rings (SSSR count). The van der Waals surface area contributed by atoms with Crippen LogP contribution in [-0.4, -0.2) is 38.1 Å². The zero-order chi connectivity index (χ0) is 17.8. The predicted octanol–water partition coefficient (Wildman–Crippen LogP) is 2.63. The van der Waals surface area contributed by atoms with Crippen molar-refractivity contribution in [1.82, 2.24) is 19.7 Å². The Hall–Kier alpha value is -3.62. The summed E-state index contributed by atoms with van der Waals surface area (Å²) in [4.78, 5) is 30.6. The summed E-state index contributed by atoms with van der Waals surface area (Å²) in [5, 5.41) is 16.3. The molecule has 0 fully saturated rings. The molecule has 0 saturated heterocycles. The average molecular weight is 340 g/mol. The normalized spacial score (nSPS) is 10.4. The minimum Gasteiger partial charge on any atom is -0.465 e. The van der Waals surface area contributed by atoms with Gasteiger partial charge in [-0.15, -0.1) is 0 Å². The second-order valence-electron chi connectivity index (χ2n) is 5.15. The second kappa shape index (κ2) is 6.87. The van der Waals surface area contributed by atoms with Gasteiger partial charge in [-0.25, -0.2) is 19.6 Å². The van der Waals surface area contributed by atoms with E-state index >= 15 is 0 Å². The van der Waals surface area contributed by atoms with Gasteiger partial charge in [0.25, 0.3) is 0 Å². The topological polar surface area (TPSA) is 121 Å². The average Bonchev–Trinajstić information content (AvgIpc) is 2.95. The fourth-order valence-corrected chi connectivity index (χ4v) is 2.33. The third-order valence-corrected chi connectivity index (χ3v) is 3.37. The molecule has 3 heterocycles. The Kier molecular flexibility index (Phi) is 4.46. The number of carbonyl (C=O) groups is 2. The summed E-state index contributed by atoms with van der Waals surface area (Å²) >= 11 is 0. The lowest BCUT2D eigenvalue weighted by Gasteiger charge is -2.05. The maximum atomic E-state index is 11.6. The lowest BCUT2D eigenvalue weighted by molar-refractivity contribution is 0.209. The zero-order valence-electron chi connectivity index (χ0n) is 13.4. The number of aromatic nitrogens is 3. The highest BCUT2D eigenvalue weighted by molar-refractivity contribution is 5.88. The molecule has 0 saturated carbocycles. The standard InChI is InChI=1S/C16H16N6O3/c1-2-17-15(23)20-13-9-22-6-4-11(8-14(22)19-13)10-3-5-18-12(7-10)21-16(24)25/h3-9H,2H2,1H3,(H,18,21)(H,24,25)(H2,17,20,23). The lowest BCUT2D eigenvalue weighted by Crippen LogP contribution is -2.28. The molecule has 0 aromatic carbocycles. The molecule has 9 nitrogen and oxygen atoms in total.